The molecular weight excluding hydrogens is 462 g/mol. The van der Waals surface area contributed by atoms with Crippen LogP contribution in [0.15, 0.2) is 42.5 Å². The first-order valence-corrected chi connectivity index (χ1v) is 11.7. The van der Waals surface area contributed by atoms with Crippen LogP contribution in [0.5, 0.6) is 5.88 Å². The van der Waals surface area contributed by atoms with Crippen LogP contribution in [0.1, 0.15) is 51.4 Å². The second-order valence-corrected chi connectivity index (χ2v) is 9.60. The molecule has 9 nitrogen and oxygen atoms in total. The summed E-state index contributed by atoms with van der Waals surface area (Å²) in [4.78, 5) is 42.0. The molecule has 1 aliphatic heterocycles. The van der Waals surface area contributed by atoms with Crippen LogP contribution in [0.25, 0.3) is 11.1 Å². The molecule has 0 spiro atoms. The molecule has 0 fully saturated rings. The lowest BCUT2D eigenvalue weighted by molar-refractivity contribution is -0.139. The van der Waals surface area contributed by atoms with E-state index in [9.17, 15) is 14.4 Å². The summed E-state index contributed by atoms with van der Waals surface area (Å²) < 4.78 is 15.7. The number of fused-ring (bicyclic) bond motifs is 4. The van der Waals surface area contributed by atoms with Crippen LogP contribution in [-0.2, 0) is 25.5 Å². The zero-order chi connectivity index (χ0) is 26.5. The van der Waals surface area contributed by atoms with Gasteiger partial charge >= 0.3 is 12.1 Å². The maximum absolute atomic E-state index is 13.0. The van der Waals surface area contributed by atoms with E-state index in [-0.39, 0.29) is 18.3 Å². The minimum Gasteiger partial charge on any atom is -0.481 e. The number of alkyl carbamates (subject to hydrolysis) is 1. The van der Waals surface area contributed by atoms with E-state index < -0.39 is 23.7 Å². The molecule has 1 aromatic carbocycles. The van der Waals surface area contributed by atoms with Gasteiger partial charge in [-0.1, -0.05) is 31.2 Å². The topological polar surface area (TPSA) is 116 Å². The number of carbonyl (C=O) groups is 3. The van der Waals surface area contributed by atoms with Crippen LogP contribution in [-0.4, -0.2) is 42.8 Å². The van der Waals surface area contributed by atoms with E-state index in [1.807, 2.05) is 18.2 Å². The number of ether oxygens (including phenoxy) is 3. The summed E-state index contributed by atoms with van der Waals surface area (Å²) in [7, 11) is 2.84. The van der Waals surface area contributed by atoms with E-state index in [0.29, 0.717) is 34.8 Å². The molecule has 0 radical (unpaired) electrons. The number of hydrogen-bond acceptors (Lipinski definition) is 7. The number of amides is 2. The zero-order valence-electron chi connectivity index (χ0n) is 21.5. The minimum absolute atomic E-state index is 0.0713. The Bertz CT molecular complexity index is 1170. The smallest absolute Gasteiger partial charge is 0.408 e. The van der Waals surface area contributed by atoms with E-state index >= 15 is 0 Å². The highest BCUT2D eigenvalue weighted by Crippen LogP contribution is 2.34. The lowest BCUT2D eigenvalue weighted by atomic mass is 9.97. The molecule has 2 aromatic rings. The van der Waals surface area contributed by atoms with Gasteiger partial charge in [0.2, 0.25) is 11.8 Å². The van der Waals surface area contributed by atoms with E-state index in [1.54, 1.807) is 52.0 Å². The van der Waals surface area contributed by atoms with Crippen LogP contribution in [0.2, 0.25) is 0 Å². The standard InChI is InChI=1S/C27H33N3O6/c1-16-8-7-9-20(30-26(33)36-27(2,3)4)22-14-18(15-23(28-22)34-5)19-11-10-17(13-24(31)35-6)12-21(19)29-25(16)32/h7-8,10-12,14-16,20H,9,13H2,1-6H3,(H,29,32)(H,30,33)/b8-7+/t16-,20-/m0/s1. The fourth-order valence-corrected chi connectivity index (χ4v) is 3.72. The maximum Gasteiger partial charge on any atom is 0.408 e. The number of anilines is 1. The van der Waals surface area contributed by atoms with Crippen molar-refractivity contribution in [3.05, 3.63) is 53.7 Å². The monoisotopic (exact) mass is 495 g/mol. The van der Waals surface area contributed by atoms with Gasteiger partial charge in [-0.25, -0.2) is 9.78 Å². The summed E-state index contributed by atoms with van der Waals surface area (Å²) in [5.74, 6) is -0.677. The van der Waals surface area contributed by atoms with Crippen molar-refractivity contribution in [1.29, 1.82) is 0 Å². The number of hydrogen-bond donors (Lipinski definition) is 2. The molecule has 36 heavy (non-hydrogen) atoms. The number of nitrogens with one attached hydrogen (secondary N) is 2. The van der Waals surface area contributed by atoms with Gasteiger partial charge in [-0.05, 0) is 50.5 Å². The summed E-state index contributed by atoms with van der Waals surface area (Å²) in [6.45, 7) is 7.16. The fourth-order valence-electron chi connectivity index (χ4n) is 3.72. The Hall–Kier alpha value is -3.88. The third kappa shape index (κ3) is 7.07. The molecule has 9 heteroatoms. The number of rotatable bonds is 4. The van der Waals surface area contributed by atoms with Gasteiger partial charge in [0, 0.05) is 17.3 Å². The molecular formula is C27H33N3O6. The molecule has 0 saturated heterocycles. The van der Waals surface area contributed by atoms with E-state index in [1.165, 1.54) is 14.2 Å². The van der Waals surface area contributed by atoms with Crippen molar-refractivity contribution in [2.75, 3.05) is 19.5 Å². The number of benzene rings is 1. The zero-order valence-corrected chi connectivity index (χ0v) is 21.5. The Morgan fingerprint density at radius 1 is 1.17 bits per heavy atom. The average Bonchev–Trinajstić information content (AvgIpc) is 2.81. The Morgan fingerprint density at radius 2 is 1.92 bits per heavy atom. The lowest BCUT2D eigenvalue weighted by Gasteiger charge is -2.24. The van der Waals surface area contributed by atoms with Crippen LogP contribution < -0.4 is 15.4 Å². The molecule has 0 saturated carbocycles. The molecule has 2 amide bonds. The number of nitrogens with zero attached hydrogens (tertiary/aromatic N) is 1. The van der Waals surface area contributed by atoms with Gasteiger partial charge < -0.3 is 24.8 Å². The molecule has 1 aromatic heterocycles. The van der Waals surface area contributed by atoms with Crippen molar-refractivity contribution in [2.45, 2.75) is 52.2 Å². The number of methoxy groups -OCH3 is 2. The molecule has 1 aliphatic rings. The largest absolute Gasteiger partial charge is 0.481 e. The summed E-state index contributed by atoms with van der Waals surface area (Å²) in [5.41, 5.74) is 2.59. The molecule has 3 rings (SSSR count). The highest BCUT2D eigenvalue weighted by Gasteiger charge is 2.24. The maximum atomic E-state index is 13.0. The van der Waals surface area contributed by atoms with Gasteiger partial charge in [-0.2, -0.15) is 0 Å². The quantitative estimate of drug-likeness (QED) is 0.471. The van der Waals surface area contributed by atoms with Gasteiger partial charge in [0.15, 0.2) is 0 Å². The molecule has 2 atom stereocenters. The molecule has 0 aliphatic carbocycles. The van der Waals surface area contributed by atoms with Gasteiger partial charge in [0.1, 0.15) is 5.60 Å². The van der Waals surface area contributed by atoms with Crippen molar-refractivity contribution in [3.63, 3.8) is 0 Å². The third-order valence-electron chi connectivity index (χ3n) is 5.52. The average molecular weight is 496 g/mol. The Kier molecular flexibility index (Phi) is 8.34. The number of carbonyl (C=O) groups excluding carboxylic acids is 3. The highest BCUT2D eigenvalue weighted by atomic mass is 16.6. The first-order valence-electron chi connectivity index (χ1n) is 11.7. The molecule has 2 N–H and O–H groups in total. The summed E-state index contributed by atoms with van der Waals surface area (Å²) in [5, 5.41) is 5.87. The fraction of sp³-hybridized carbons (Fsp3) is 0.407. The summed E-state index contributed by atoms with van der Waals surface area (Å²) >= 11 is 0. The van der Waals surface area contributed by atoms with Crippen LogP contribution >= 0.6 is 0 Å². The van der Waals surface area contributed by atoms with Gasteiger partial charge in [-0.15, -0.1) is 0 Å². The minimum atomic E-state index is -0.661. The van der Waals surface area contributed by atoms with Crippen LogP contribution in [0.3, 0.4) is 0 Å². The van der Waals surface area contributed by atoms with Crippen molar-refractivity contribution in [2.24, 2.45) is 5.92 Å². The molecule has 192 valence electrons. The van der Waals surface area contributed by atoms with Crippen molar-refractivity contribution in [1.82, 2.24) is 10.3 Å². The summed E-state index contributed by atoms with van der Waals surface area (Å²) in [6.07, 6.45) is 3.50. The van der Waals surface area contributed by atoms with E-state index in [0.717, 1.165) is 5.56 Å². The SMILES string of the molecule is COC(=O)Cc1ccc2c(c1)NC(=O)[C@@H](C)/C=C/C[C@H](NC(=O)OC(C)(C)C)c1cc-2cc(OC)n1. The van der Waals surface area contributed by atoms with Crippen molar-refractivity contribution < 1.29 is 28.6 Å². The third-order valence-corrected chi connectivity index (χ3v) is 5.52. The van der Waals surface area contributed by atoms with Crippen molar-refractivity contribution >= 4 is 23.7 Å². The first-order chi connectivity index (χ1) is 17.0. The Labute approximate surface area is 211 Å². The van der Waals surface area contributed by atoms with E-state index in [4.69, 9.17) is 14.2 Å². The van der Waals surface area contributed by atoms with Crippen LogP contribution in [0, 0.1) is 5.92 Å². The lowest BCUT2D eigenvalue weighted by Crippen LogP contribution is -2.35. The predicted octanol–water partition coefficient (Wildman–Crippen LogP) is 4.57. The Morgan fingerprint density at radius 3 is 2.58 bits per heavy atom. The number of esters is 1. The second-order valence-electron chi connectivity index (χ2n) is 9.60. The normalized spacial score (nSPS) is 18.4. The highest BCUT2D eigenvalue weighted by molar-refractivity contribution is 5.98. The summed E-state index contributed by atoms with van der Waals surface area (Å²) in [6, 6.07) is 8.46. The second kappa shape index (κ2) is 11.2. The Balaban J connectivity index is 2.12. The van der Waals surface area contributed by atoms with E-state index in [2.05, 4.69) is 15.6 Å². The van der Waals surface area contributed by atoms with Gasteiger partial charge in [0.25, 0.3) is 0 Å². The molecule has 2 bridgehead atoms. The van der Waals surface area contributed by atoms with Gasteiger partial charge in [0.05, 0.1) is 38.3 Å². The van der Waals surface area contributed by atoms with Crippen molar-refractivity contribution in [3.8, 4) is 17.0 Å². The van der Waals surface area contributed by atoms with Gasteiger partial charge in [-0.3, -0.25) is 9.59 Å². The number of aromatic nitrogens is 1. The first kappa shape index (κ1) is 26.7. The molecule has 0 unspecified atom stereocenters. The predicted molar refractivity (Wildman–Crippen MR) is 136 cm³/mol. The molecule has 2 heterocycles. The van der Waals surface area contributed by atoms with Crippen LogP contribution in [0.4, 0.5) is 10.5 Å². The number of pyridine rings is 1.